The summed E-state index contributed by atoms with van der Waals surface area (Å²) in [5.41, 5.74) is 2.15. The normalized spacial score (nSPS) is 21.6. The SMILES string of the molecule is CCOc1cc(CC(CCCCc2ccccc2)C(=O)NC2(C(=O)O)CC(OC)C2)cc(OCC)c1C1(C)CC1. The zero-order valence-electron chi connectivity index (χ0n) is 24.5. The summed E-state index contributed by atoms with van der Waals surface area (Å²) in [5.74, 6) is 0.0632. The number of carboxylic acid groups (broad SMARTS) is 1. The smallest absolute Gasteiger partial charge is 0.329 e. The molecule has 0 aliphatic heterocycles. The van der Waals surface area contributed by atoms with Gasteiger partial charge in [0.2, 0.25) is 5.91 Å². The topological polar surface area (TPSA) is 94.1 Å². The van der Waals surface area contributed by atoms with E-state index < -0.39 is 11.5 Å². The Morgan fingerprint density at radius 1 is 1.00 bits per heavy atom. The Labute approximate surface area is 238 Å². The first-order chi connectivity index (χ1) is 19.2. The molecule has 2 fully saturated rings. The van der Waals surface area contributed by atoms with E-state index in [-0.39, 0.29) is 36.2 Å². The highest BCUT2D eigenvalue weighted by molar-refractivity contribution is 5.89. The first kappa shape index (κ1) is 29.9. The van der Waals surface area contributed by atoms with Gasteiger partial charge in [-0.15, -0.1) is 0 Å². The highest BCUT2D eigenvalue weighted by atomic mass is 16.5. The highest BCUT2D eigenvalue weighted by Crippen LogP contribution is 2.54. The second-order valence-corrected chi connectivity index (χ2v) is 11.7. The van der Waals surface area contributed by atoms with Crippen LogP contribution in [0.25, 0.3) is 0 Å². The molecule has 2 saturated carbocycles. The van der Waals surface area contributed by atoms with Gasteiger partial charge in [-0.05, 0) is 81.0 Å². The van der Waals surface area contributed by atoms with E-state index in [1.165, 1.54) is 5.56 Å². The van der Waals surface area contributed by atoms with Gasteiger partial charge >= 0.3 is 5.97 Å². The minimum absolute atomic E-state index is 0.0533. The van der Waals surface area contributed by atoms with Gasteiger partial charge < -0.3 is 24.6 Å². The molecule has 2 N–H and O–H groups in total. The average Bonchev–Trinajstić information content (AvgIpc) is 3.65. The number of benzene rings is 2. The fourth-order valence-electron chi connectivity index (χ4n) is 5.86. The number of aliphatic carboxylic acids is 1. The molecule has 2 aromatic carbocycles. The highest BCUT2D eigenvalue weighted by Gasteiger charge is 2.52. The largest absolute Gasteiger partial charge is 0.493 e. The zero-order chi connectivity index (χ0) is 28.8. The van der Waals surface area contributed by atoms with Crippen molar-refractivity contribution in [3.8, 4) is 11.5 Å². The Kier molecular flexibility index (Phi) is 9.77. The van der Waals surface area contributed by atoms with E-state index in [0.717, 1.165) is 54.7 Å². The first-order valence-electron chi connectivity index (χ1n) is 14.8. The second-order valence-electron chi connectivity index (χ2n) is 11.7. The lowest BCUT2D eigenvalue weighted by atomic mass is 9.73. The summed E-state index contributed by atoms with van der Waals surface area (Å²) in [6.07, 6.45) is 6.50. The summed E-state index contributed by atoms with van der Waals surface area (Å²) in [6, 6.07) is 14.5. The molecule has 40 heavy (non-hydrogen) atoms. The quantitative estimate of drug-likeness (QED) is 0.254. The van der Waals surface area contributed by atoms with Gasteiger partial charge in [0.15, 0.2) is 0 Å². The van der Waals surface area contributed by atoms with Gasteiger partial charge in [0.05, 0.1) is 19.3 Å². The molecule has 7 heteroatoms. The molecule has 0 aromatic heterocycles. The predicted molar refractivity (Wildman–Crippen MR) is 155 cm³/mol. The monoisotopic (exact) mass is 551 g/mol. The van der Waals surface area contributed by atoms with Gasteiger partial charge in [0.1, 0.15) is 17.0 Å². The maximum Gasteiger partial charge on any atom is 0.329 e. The molecule has 0 bridgehead atoms. The van der Waals surface area contributed by atoms with Crippen molar-refractivity contribution >= 4 is 11.9 Å². The van der Waals surface area contributed by atoms with Crippen LogP contribution in [0.15, 0.2) is 42.5 Å². The van der Waals surface area contributed by atoms with Crippen molar-refractivity contribution in [3.05, 3.63) is 59.2 Å². The average molecular weight is 552 g/mol. The molecule has 2 aromatic rings. The van der Waals surface area contributed by atoms with E-state index >= 15 is 0 Å². The maximum atomic E-state index is 13.7. The van der Waals surface area contributed by atoms with Crippen LogP contribution in [0.1, 0.15) is 82.4 Å². The van der Waals surface area contributed by atoms with Crippen molar-refractivity contribution in [2.45, 2.75) is 95.6 Å². The van der Waals surface area contributed by atoms with Crippen molar-refractivity contribution in [2.75, 3.05) is 20.3 Å². The fraction of sp³-hybridized carbons (Fsp3) is 0.576. The first-order valence-corrected chi connectivity index (χ1v) is 14.8. The van der Waals surface area contributed by atoms with Gasteiger partial charge in [-0.3, -0.25) is 4.79 Å². The van der Waals surface area contributed by atoms with Crippen LogP contribution in [0.4, 0.5) is 0 Å². The Morgan fingerprint density at radius 3 is 2.15 bits per heavy atom. The van der Waals surface area contributed by atoms with Crippen LogP contribution in [0.5, 0.6) is 11.5 Å². The fourth-order valence-corrected chi connectivity index (χ4v) is 5.86. The van der Waals surface area contributed by atoms with E-state index in [1.807, 2.05) is 32.0 Å². The van der Waals surface area contributed by atoms with Gasteiger partial charge in [0.25, 0.3) is 0 Å². The van der Waals surface area contributed by atoms with Crippen molar-refractivity contribution in [1.82, 2.24) is 5.32 Å². The molecular weight excluding hydrogens is 506 g/mol. The minimum atomic E-state index is -1.27. The Hall–Kier alpha value is -3.06. The number of ether oxygens (including phenoxy) is 3. The Morgan fingerprint density at radius 2 is 1.62 bits per heavy atom. The third-order valence-electron chi connectivity index (χ3n) is 8.55. The van der Waals surface area contributed by atoms with Crippen LogP contribution in [-0.4, -0.2) is 48.9 Å². The second kappa shape index (κ2) is 13.1. The molecular formula is C33H45NO6. The molecule has 1 amide bonds. The number of hydrogen-bond donors (Lipinski definition) is 2. The number of hydrogen-bond acceptors (Lipinski definition) is 5. The van der Waals surface area contributed by atoms with E-state index in [1.54, 1.807) is 7.11 Å². The van der Waals surface area contributed by atoms with Gasteiger partial charge in [0, 0.05) is 31.4 Å². The van der Waals surface area contributed by atoms with E-state index in [4.69, 9.17) is 14.2 Å². The standard InChI is InChI=1S/C33H45NO6/c1-5-39-27-19-24(20-28(40-6-2)29(27)32(3)16-17-32)18-25(15-11-10-14-23-12-8-7-9-13-23)30(35)34-33(31(36)37)21-26(22-33)38-4/h7-9,12-13,19-20,25-26H,5-6,10-11,14-18,21-22H2,1-4H3,(H,34,35)(H,36,37). The number of carboxylic acids is 1. The van der Waals surface area contributed by atoms with Crippen LogP contribution >= 0.6 is 0 Å². The third-order valence-corrected chi connectivity index (χ3v) is 8.55. The lowest BCUT2D eigenvalue weighted by molar-refractivity contribution is -0.160. The molecule has 0 spiro atoms. The summed E-state index contributed by atoms with van der Waals surface area (Å²) >= 11 is 0. The van der Waals surface area contributed by atoms with Crippen LogP contribution in [0.3, 0.4) is 0 Å². The molecule has 4 rings (SSSR count). The van der Waals surface area contributed by atoms with E-state index in [9.17, 15) is 14.7 Å². The lowest BCUT2D eigenvalue weighted by Gasteiger charge is -2.44. The number of carbonyl (C=O) groups is 2. The molecule has 0 saturated heterocycles. The summed E-state index contributed by atoms with van der Waals surface area (Å²) in [4.78, 5) is 25.9. The lowest BCUT2D eigenvalue weighted by Crippen LogP contribution is -2.65. The number of rotatable bonds is 16. The summed E-state index contributed by atoms with van der Waals surface area (Å²) in [6.45, 7) is 7.29. The zero-order valence-corrected chi connectivity index (χ0v) is 24.5. The molecule has 2 aliphatic rings. The molecule has 1 unspecified atom stereocenters. The molecule has 0 radical (unpaired) electrons. The van der Waals surface area contributed by atoms with Crippen LogP contribution < -0.4 is 14.8 Å². The molecule has 7 nitrogen and oxygen atoms in total. The van der Waals surface area contributed by atoms with Crippen molar-refractivity contribution in [2.24, 2.45) is 5.92 Å². The van der Waals surface area contributed by atoms with E-state index in [0.29, 0.717) is 26.1 Å². The van der Waals surface area contributed by atoms with Crippen molar-refractivity contribution in [1.29, 1.82) is 0 Å². The van der Waals surface area contributed by atoms with Gasteiger partial charge in [-0.2, -0.15) is 0 Å². The van der Waals surface area contributed by atoms with Crippen LogP contribution in [0.2, 0.25) is 0 Å². The summed E-state index contributed by atoms with van der Waals surface area (Å²) < 4.78 is 17.5. The molecule has 2 aliphatic carbocycles. The Bertz CT molecular complexity index is 1130. The van der Waals surface area contributed by atoms with E-state index in [2.05, 4.69) is 36.5 Å². The molecule has 1 atom stereocenters. The van der Waals surface area contributed by atoms with Crippen molar-refractivity contribution in [3.63, 3.8) is 0 Å². The number of amides is 1. The third kappa shape index (κ3) is 6.98. The van der Waals surface area contributed by atoms with Gasteiger partial charge in [-0.25, -0.2) is 4.79 Å². The number of methoxy groups -OCH3 is 1. The predicted octanol–water partition coefficient (Wildman–Crippen LogP) is 5.86. The summed E-state index contributed by atoms with van der Waals surface area (Å²) in [7, 11) is 1.57. The van der Waals surface area contributed by atoms with Crippen LogP contribution in [0, 0.1) is 5.92 Å². The van der Waals surface area contributed by atoms with Gasteiger partial charge in [-0.1, -0.05) is 43.7 Å². The molecule has 218 valence electrons. The molecule has 0 heterocycles. The van der Waals surface area contributed by atoms with Crippen LogP contribution in [-0.2, 0) is 32.6 Å². The maximum absolute atomic E-state index is 13.7. The Balaban J connectivity index is 1.55. The van der Waals surface area contributed by atoms with Crippen molar-refractivity contribution < 1.29 is 28.9 Å². The number of aryl methyl sites for hydroxylation is 1. The number of carbonyl (C=O) groups excluding carboxylic acids is 1. The number of nitrogens with one attached hydrogen (secondary N) is 1. The number of unbranched alkanes of at least 4 members (excludes halogenated alkanes) is 1. The minimum Gasteiger partial charge on any atom is -0.493 e. The summed E-state index contributed by atoms with van der Waals surface area (Å²) in [5, 5.41) is 12.9.